The van der Waals surface area contributed by atoms with Gasteiger partial charge in [0.25, 0.3) is 5.91 Å². The third-order valence-electron chi connectivity index (χ3n) is 2.35. The third kappa shape index (κ3) is 2.68. The summed E-state index contributed by atoms with van der Waals surface area (Å²) < 4.78 is 13.5. The molecular formula is C13H12FN3O. The van der Waals surface area contributed by atoms with Crippen molar-refractivity contribution in [2.24, 2.45) is 0 Å². The highest BCUT2D eigenvalue weighted by atomic mass is 19.1. The van der Waals surface area contributed by atoms with Gasteiger partial charge in [-0.15, -0.1) is 0 Å². The molecule has 0 aliphatic heterocycles. The van der Waals surface area contributed by atoms with Crippen molar-refractivity contribution in [2.75, 3.05) is 5.32 Å². The number of hydrogen-bond acceptors (Lipinski definition) is 3. The zero-order valence-corrected chi connectivity index (χ0v) is 10.1. The van der Waals surface area contributed by atoms with Gasteiger partial charge in [-0.2, -0.15) is 0 Å². The molecule has 0 spiro atoms. The fourth-order valence-electron chi connectivity index (χ4n) is 1.48. The molecule has 0 aliphatic rings. The number of carbonyl (C=O) groups excluding carboxylic acids is 1. The van der Waals surface area contributed by atoms with Crippen LogP contribution in [0.15, 0.2) is 30.6 Å². The molecule has 0 saturated heterocycles. The standard InChI is InChI=1S/C13H12FN3O/c1-8-3-4-15-11(6-8)17-13(18)12-10(14)5-9(2)7-16-12/h3-7H,1-2H3,(H,15,17,18). The van der Waals surface area contributed by atoms with Gasteiger partial charge in [0, 0.05) is 12.4 Å². The summed E-state index contributed by atoms with van der Waals surface area (Å²) in [6.45, 7) is 3.59. The molecule has 1 amide bonds. The number of aromatic nitrogens is 2. The van der Waals surface area contributed by atoms with Crippen molar-refractivity contribution < 1.29 is 9.18 Å². The molecule has 1 N–H and O–H groups in total. The Morgan fingerprint density at radius 2 is 2.00 bits per heavy atom. The fraction of sp³-hybridized carbons (Fsp3) is 0.154. The number of rotatable bonds is 2. The Hall–Kier alpha value is -2.30. The van der Waals surface area contributed by atoms with E-state index < -0.39 is 11.7 Å². The first-order valence-corrected chi connectivity index (χ1v) is 5.42. The summed E-state index contributed by atoms with van der Waals surface area (Å²) in [4.78, 5) is 19.6. The van der Waals surface area contributed by atoms with Crippen LogP contribution >= 0.6 is 0 Å². The van der Waals surface area contributed by atoms with Crippen molar-refractivity contribution in [3.8, 4) is 0 Å². The van der Waals surface area contributed by atoms with Crippen LogP contribution in [-0.4, -0.2) is 15.9 Å². The summed E-state index contributed by atoms with van der Waals surface area (Å²) in [6.07, 6.45) is 3.02. The number of hydrogen-bond donors (Lipinski definition) is 1. The summed E-state index contributed by atoms with van der Waals surface area (Å²) in [5.41, 5.74) is 1.39. The maximum absolute atomic E-state index is 13.5. The lowest BCUT2D eigenvalue weighted by molar-refractivity contribution is 0.101. The van der Waals surface area contributed by atoms with E-state index in [1.54, 1.807) is 25.3 Å². The van der Waals surface area contributed by atoms with Crippen LogP contribution in [-0.2, 0) is 0 Å². The van der Waals surface area contributed by atoms with E-state index in [1.165, 1.54) is 12.3 Å². The summed E-state index contributed by atoms with van der Waals surface area (Å²) in [5.74, 6) is -0.868. The molecule has 0 saturated carbocycles. The Balaban J connectivity index is 2.22. The first-order chi connectivity index (χ1) is 8.56. The lowest BCUT2D eigenvalue weighted by atomic mass is 10.2. The molecule has 0 aliphatic carbocycles. The maximum Gasteiger partial charge on any atom is 0.278 e. The van der Waals surface area contributed by atoms with Gasteiger partial charge in [-0.1, -0.05) is 0 Å². The van der Waals surface area contributed by atoms with Gasteiger partial charge in [-0.3, -0.25) is 4.79 Å². The zero-order valence-electron chi connectivity index (χ0n) is 10.1. The van der Waals surface area contributed by atoms with E-state index in [-0.39, 0.29) is 5.69 Å². The number of anilines is 1. The Kier molecular flexibility index (Phi) is 3.32. The van der Waals surface area contributed by atoms with Crippen LogP contribution in [0.4, 0.5) is 10.2 Å². The minimum atomic E-state index is -0.639. The minimum Gasteiger partial charge on any atom is -0.305 e. The smallest absolute Gasteiger partial charge is 0.278 e. The van der Waals surface area contributed by atoms with E-state index in [0.29, 0.717) is 11.4 Å². The molecule has 0 atom stereocenters. The second-order valence-corrected chi connectivity index (χ2v) is 4.02. The van der Waals surface area contributed by atoms with E-state index in [1.807, 2.05) is 6.92 Å². The van der Waals surface area contributed by atoms with E-state index in [4.69, 9.17) is 0 Å². The number of pyridine rings is 2. The van der Waals surface area contributed by atoms with Gasteiger partial charge >= 0.3 is 0 Å². The van der Waals surface area contributed by atoms with Crippen LogP contribution in [0.25, 0.3) is 0 Å². The van der Waals surface area contributed by atoms with Gasteiger partial charge in [0.15, 0.2) is 11.5 Å². The van der Waals surface area contributed by atoms with Gasteiger partial charge in [0.2, 0.25) is 0 Å². The second kappa shape index (κ2) is 4.91. The Morgan fingerprint density at radius 1 is 1.22 bits per heavy atom. The lowest BCUT2D eigenvalue weighted by Gasteiger charge is -2.05. The number of amides is 1. The van der Waals surface area contributed by atoms with Crippen molar-refractivity contribution in [3.05, 3.63) is 53.2 Å². The highest BCUT2D eigenvalue weighted by molar-refractivity contribution is 6.02. The van der Waals surface area contributed by atoms with Crippen LogP contribution in [0.2, 0.25) is 0 Å². The van der Waals surface area contributed by atoms with Crippen LogP contribution in [0.3, 0.4) is 0 Å². The van der Waals surface area contributed by atoms with Gasteiger partial charge in [-0.25, -0.2) is 14.4 Å². The summed E-state index contributed by atoms with van der Waals surface area (Å²) >= 11 is 0. The molecule has 2 rings (SSSR count). The van der Waals surface area contributed by atoms with Crippen molar-refractivity contribution >= 4 is 11.7 Å². The van der Waals surface area contributed by atoms with Crippen LogP contribution in [0.1, 0.15) is 21.6 Å². The monoisotopic (exact) mass is 245 g/mol. The van der Waals surface area contributed by atoms with Gasteiger partial charge < -0.3 is 5.32 Å². The molecule has 5 heteroatoms. The molecule has 0 fully saturated rings. The normalized spacial score (nSPS) is 10.2. The molecular weight excluding hydrogens is 233 g/mol. The highest BCUT2D eigenvalue weighted by Gasteiger charge is 2.14. The van der Waals surface area contributed by atoms with Crippen molar-refractivity contribution in [1.82, 2.24) is 9.97 Å². The number of aryl methyl sites for hydroxylation is 2. The Labute approximate surface area is 104 Å². The van der Waals surface area contributed by atoms with E-state index in [0.717, 1.165) is 5.56 Å². The summed E-state index contributed by atoms with van der Waals surface area (Å²) in [5, 5.41) is 2.51. The Morgan fingerprint density at radius 3 is 2.67 bits per heavy atom. The molecule has 2 aromatic rings. The second-order valence-electron chi connectivity index (χ2n) is 4.02. The first-order valence-electron chi connectivity index (χ1n) is 5.42. The van der Waals surface area contributed by atoms with Crippen molar-refractivity contribution in [2.45, 2.75) is 13.8 Å². The predicted molar refractivity (Wildman–Crippen MR) is 65.9 cm³/mol. The quantitative estimate of drug-likeness (QED) is 0.884. The molecule has 0 radical (unpaired) electrons. The van der Waals surface area contributed by atoms with Gasteiger partial charge in [0.05, 0.1) is 0 Å². The average Bonchev–Trinajstić information content (AvgIpc) is 2.28. The minimum absolute atomic E-state index is 0.232. The van der Waals surface area contributed by atoms with Crippen LogP contribution < -0.4 is 5.32 Å². The van der Waals surface area contributed by atoms with E-state index in [9.17, 15) is 9.18 Å². The van der Waals surface area contributed by atoms with Crippen molar-refractivity contribution in [1.29, 1.82) is 0 Å². The van der Waals surface area contributed by atoms with E-state index in [2.05, 4.69) is 15.3 Å². The maximum atomic E-state index is 13.5. The zero-order chi connectivity index (χ0) is 13.1. The van der Waals surface area contributed by atoms with Crippen LogP contribution in [0, 0.1) is 19.7 Å². The molecule has 0 aromatic carbocycles. The van der Waals surface area contributed by atoms with Crippen LogP contribution in [0.5, 0.6) is 0 Å². The SMILES string of the molecule is Cc1ccnc(NC(=O)c2ncc(C)cc2F)c1. The summed E-state index contributed by atoms with van der Waals surface area (Å²) in [7, 11) is 0. The largest absolute Gasteiger partial charge is 0.305 e. The Bertz CT molecular complexity index is 599. The molecule has 0 unspecified atom stereocenters. The fourth-order valence-corrected chi connectivity index (χ4v) is 1.48. The topological polar surface area (TPSA) is 54.9 Å². The number of halogens is 1. The third-order valence-corrected chi connectivity index (χ3v) is 2.35. The summed E-state index contributed by atoms with van der Waals surface area (Å²) in [6, 6.07) is 4.77. The number of nitrogens with zero attached hydrogens (tertiary/aromatic N) is 2. The molecule has 92 valence electrons. The van der Waals surface area contributed by atoms with Gasteiger partial charge in [-0.05, 0) is 43.2 Å². The van der Waals surface area contributed by atoms with E-state index >= 15 is 0 Å². The number of carbonyl (C=O) groups is 1. The molecule has 2 heterocycles. The van der Waals surface area contributed by atoms with Crippen molar-refractivity contribution in [3.63, 3.8) is 0 Å². The average molecular weight is 245 g/mol. The lowest BCUT2D eigenvalue weighted by Crippen LogP contribution is -2.16. The molecule has 4 nitrogen and oxygen atoms in total. The molecule has 18 heavy (non-hydrogen) atoms. The highest BCUT2D eigenvalue weighted by Crippen LogP contribution is 2.10. The molecule has 0 bridgehead atoms. The van der Waals surface area contributed by atoms with Gasteiger partial charge in [0.1, 0.15) is 5.82 Å². The first kappa shape index (κ1) is 12.2. The predicted octanol–water partition coefficient (Wildman–Crippen LogP) is 2.48. The number of nitrogens with one attached hydrogen (secondary N) is 1. The molecule has 2 aromatic heterocycles.